The zero-order chi connectivity index (χ0) is 10.6. The molecule has 6 heteroatoms. The van der Waals surface area contributed by atoms with Crippen LogP contribution in [-0.2, 0) is 13.6 Å². The molecule has 0 aliphatic rings. The van der Waals surface area contributed by atoms with Crippen molar-refractivity contribution < 1.29 is 0 Å². The molecule has 15 heavy (non-hydrogen) atoms. The fourth-order valence-corrected chi connectivity index (χ4v) is 1.48. The first-order chi connectivity index (χ1) is 6.65. The third kappa shape index (κ3) is 4.38. The number of aromatic nitrogens is 2. The van der Waals surface area contributed by atoms with E-state index in [4.69, 9.17) is 11.6 Å². The van der Waals surface area contributed by atoms with Crippen molar-refractivity contribution >= 4 is 24.0 Å². The van der Waals surface area contributed by atoms with Crippen LogP contribution < -0.4 is 5.32 Å². The van der Waals surface area contributed by atoms with E-state index in [1.54, 1.807) is 6.20 Å². The maximum atomic E-state index is 6.00. The van der Waals surface area contributed by atoms with E-state index in [9.17, 15) is 0 Å². The van der Waals surface area contributed by atoms with Gasteiger partial charge in [-0.3, -0.25) is 9.58 Å². The van der Waals surface area contributed by atoms with Crippen molar-refractivity contribution in [3.05, 3.63) is 16.9 Å². The molecular weight excluding hydrogens is 235 g/mol. The molecule has 1 rings (SSSR count). The van der Waals surface area contributed by atoms with E-state index in [0.717, 1.165) is 30.4 Å². The number of rotatable bonds is 5. The lowest BCUT2D eigenvalue weighted by Gasteiger charge is -2.16. The molecule has 0 aromatic carbocycles. The van der Waals surface area contributed by atoms with Gasteiger partial charge < -0.3 is 5.32 Å². The standard InChI is InChI=1S/C9H17ClN4.ClH/c1-11-4-5-13(2)7-9-8(10)6-12-14(9)3;/h6,11H,4-5,7H2,1-3H3;1H. The Hall–Kier alpha value is -0.290. The Morgan fingerprint density at radius 1 is 1.60 bits per heavy atom. The summed E-state index contributed by atoms with van der Waals surface area (Å²) in [6.45, 7) is 2.81. The van der Waals surface area contributed by atoms with Gasteiger partial charge >= 0.3 is 0 Å². The molecule has 0 aliphatic heterocycles. The van der Waals surface area contributed by atoms with Gasteiger partial charge in [0, 0.05) is 26.7 Å². The van der Waals surface area contributed by atoms with Crippen LogP contribution in [0.4, 0.5) is 0 Å². The van der Waals surface area contributed by atoms with E-state index in [-0.39, 0.29) is 12.4 Å². The summed E-state index contributed by atoms with van der Waals surface area (Å²) < 4.78 is 1.82. The van der Waals surface area contributed by atoms with Crippen LogP contribution in [0.1, 0.15) is 5.69 Å². The molecule has 0 atom stereocenters. The van der Waals surface area contributed by atoms with Crippen molar-refractivity contribution in [1.82, 2.24) is 20.0 Å². The molecule has 88 valence electrons. The van der Waals surface area contributed by atoms with Gasteiger partial charge in [0.15, 0.2) is 0 Å². The molecular formula is C9H18Cl2N4. The van der Waals surface area contributed by atoms with Gasteiger partial charge in [0.05, 0.1) is 16.9 Å². The second-order valence-electron chi connectivity index (χ2n) is 3.40. The maximum Gasteiger partial charge on any atom is 0.0831 e. The van der Waals surface area contributed by atoms with Gasteiger partial charge in [0.1, 0.15) is 0 Å². The van der Waals surface area contributed by atoms with Crippen LogP contribution in [0.3, 0.4) is 0 Å². The van der Waals surface area contributed by atoms with Crippen LogP contribution in [0.5, 0.6) is 0 Å². The summed E-state index contributed by atoms with van der Waals surface area (Å²) >= 11 is 6.00. The summed E-state index contributed by atoms with van der Waals surface area (Å²) in [5.41, 5.74) is 1.06. The van der Waals surface area contributed by atoms with Gasteiger partial charge in [0.2, 0.25) is 0 Å². The molecule has 1 N–H and O–H groups in total. The molecule has 0 amide bonds. The Bertz CT molecular complexity index is 268. The van der Waals surface area contributed by atoms with Crippen molar-refractivity contribution in [2.24, 2.45) is 7.05 Å². The van der Waals surface area contributed by atoms with Crippen LogP contribution in [0.15, 0.2) is 6.20 Å². The SMILES string of the molecule is CNCCN(C)Cc1c(Cl)cnn1C.Cl. The third-order valence-electron chi connectivity index (χ3n) is 2.17. The number of likely N-dealkylation sites (N-methyl/N-ethyl adjacent to an activating group) is 2. The van der Waals surface area contributed by atoms with Crippen molar-refractivity contribution in [3.8, 4) is 0 Å². The van der Waals surface area contributed by atoms with Gasteiger partial charge in [-0.2, -0.15) is 5.10 Å². The first-order valence-corrected chi connectivity index (χ1v) is 5.02. The number of hydrogen-bond donors (Lipinski definition) is 1. The highest BCUT2D eigenvalue weighted by molar-refractivity contribution is 6.31. The largest absolute Gasteiger partial charge is 0.318 e. The van der Waals surface area contributed by atoms with E-state index in [1.807, 2.05) is 18.8 Å². The average molecular weight is 253 g/mol. The number of hydrogen-bond acceptors (Lipinski definition) is 3. The van der Waals surface area contributed by atoms with E-state index in [2.05, 4.69) is 22.4 Å². The summed E-state index contributed by atoms with van der Waals surface area (Å²) in [6.07, 6.45) is 1.68. The first-order valence-electron chi connectivity index (χ1n) is 4.64. The predicted molar refractivity (Wildman–Crippen MR) is 65.7 cm³/mol. The normalized spacial score (nSPS) is 10.5. The number of nitrogens with one attached hydrogen (secondary N) is 1. The molecule has 1 aromatic heterocycles. The molecule has 0 saturated carbocycles. The van der Waals surface area contributed by atoms with Crippen LogP contribution in [0.2, 0.25) is 5.02 Å². The third-order valence-corrected chi connectivity index (χ3v) is 2.49. The van der Waals surface area contributed by atoms with Crippen LogP contribution in [0, 0.1) is 0 Å². The minimum atomic E-state index is 0. The van der Waals surface area contributed by atoms with Gasteiger partial charge in [-0.15, -0.1) is 12.4 Å². The van der Waals surface area contributed by atoms with Gasteiger partial charge in [0.25, 0.3) is 0 Å². The predicted octanol–water partition coefficient (Wildman–Crippen LogP) is 1.15. The van der Waals surface area contributed by atoms with Gasteiger partial charge in [-0.05, 0) is 14.1 Å². The summed E-state index contributed by atoms with van der Waals surface area (Å²) in [5, 5.41) is 7.94. The Labute approximate surface area is 102 Å². The maximum absolute atomic E-state index is 6.00. The van der Waals surface area contributed by atoms with E-state index >= 15 is 0 Å². The molecule has 4 nitrogen and oxygen atoms in total. The van der Waals surface area contributed by atoms with E-state index in [0.29, 0.717) is 0 Å². The number of halogens is 2. The van der Waals surface area contributed by atoms with Crippen molar-refractivity contribution in [3.63, 3.8) is 0 Å². The van der Waals surface area contributed by atoms with Crippen molar-refractivity contribution in [2.75, 3.05) is 27.2 Å². The zero-order valence-electron chi connectivity index (χ0n) is 9.33. The Balaban J connectivity index is 0.00000196. The average Bonchev–Trinajstić information content (AvgIpc) is 2.46. The molecule has 0 fully saturated rings. The van der Waals surface area contributed by atoms with E-state index < -0.39 is 0 Å². The zero-order valence-corrected chi connectivity index (χ0v) is 10.9. The molecule has 0 radical (unpaired) electrons. The Morgan fingerprint density at radius 2 is 2.27 bits per heavy atom. The molecule has 0 aliphatic carbocycles. The second-order valence-corrected chi connectivity index (χ2v) is 3.81. The molecule has 1 heterocycles. The second kappa shape index (κ2) is 7.06. The fraction of sp³-hybridized carbons (Fsp3) is 0.667. The highest BCUT2D eigenvalue weighted by Crippen LogP contribution is 2.15. The lowest BCUT2D eigenvalue weighted by atomic mass is 10.4. The monoisotopic (exact) mass is 252 g/mol. The van der Waals surface area contributed by atoms with Gasteiger partial charge in [-0.25, -0.2) is 0 Å². The minimum Gasteiger partial charge on any atom is -0.318 e. The van der Waals surface area contributed by atoms with E-state index in [1.165, 1.54) is 0 Å². The summed E-state index contributed by atoms with van der Waals surface area (Å²) in [6, 6.07) is 0. The molecule has 1 aromatic rings. The number of aryl methyl sites for hydroxylation is 1. The highest BCUT2D eigenvalue weighted by Gasteiger charge is 2.08. The molecule has 0 bridgehead atoms. The lowest BCUT2D eigenvalue weighted by Crippen LogP contribution is -2.27. The minimum absolute atomic E-state index is 0. The Morgan fingerprint density at radius 3 is 2.73 bits per heavy atom. The number of nitrogens with zero attached hydrogens (tertiary/aromatic N) is 3. The van der Waals surface area contributed by atoms with Crippen LogP contribution in [0.25, 0.3) is 0 Å². The summed E-state index contributed by atoms with van der Waals surface area (Å²) in [4.78, 5) is 2.21. The summed E-state index contributed by atoms with van der Waals surface area (Å²) in [5.74, 6) is 0. The van der Waals surface area contributed by atoms with Crippen molar-refractivity contribution in [2.45, 2.75) is 6.54 Å². The first kappa shape index (κ1) is 14.7. The summed E-state index contributed by atoms with van der Waals surface area (Å²) in [7, 11) is 5.93. The molecule has 0 spiro atoms. The smallest absolute Gasteiger partial charge is 0.0831 e. The van der Waals surface area contributed by atoms with Crippen LogP contribution >= 0.6 is 24.0 Å². The quantitative estimate of drug-likeness (QED) is 0.854. The fourth-order valence-electron chi connectivity index (χ4n) is 1.25. The highest BCUT2D eigenvalue weighted by atomic mass is 35.5. The molecule has 0 unspecified atom stereocenters. The Kier molecular flexibility index (Phi) is 6.92. The van der Waals surface area contributed by atoms with Crippen molar-refractivity contribution in [1.29, 1.82) is 0 Å². The van der Waals surface area contributed by atoms with Gasteiger partial charge in [-0.1, -0.05) is 11.6 Å². The molecule has 0 saturated heterocycles. The lowest BCUT2D eigenvalue weighted by molar-refractivity contribution is 0.319. The van der Waals surface area contributed by atoms with Crippen LogP contribution in [-0.4, -0.2) is 41.9 Å². The topological polar surface area (TPSA) is 33.1 Å².